The van der Waals surface area contributed by atoms with Crippen molar-refractivity contribution in [3.05, 3.63) is 77.1 Å². The van der Waals surface area contributed by atoms with E-state index in [4.69, 9.17) is 5.73 Å². The van der Waals surface area contributed by atoms with Crippen molar-refractivity contribution in [1.82, 2.24) is 29.6 Å². The standard InChI is InChI=1S/C22H21F2N7O.2C2H6/c1-13-7-16-8-14(4-6-18(16)28-21(13)25)22(32)31(11-19-27-12-30(2)29-19)10-17-5-3-15(9-26-17)20(23)24;2*1-2/h3-9,12,20H,10-11H2,1-2H3,(H2,25,28);2*1-2H3. The Labute approximate surface area is 210 Å². The van der Waals surface area contributed by atoms with Crippen LogP contribution in [0, 0.1) is 6.92 Å². The lowest BCUT2D eigenvalue weighted by Gasteiger charge is -2.21. The largest absolute Gasteiger partial charge is 0.383 e. The average molecular weight is 498 g/mol. The number of amides is 1. The molecule has 3 heterocycles. The Balaban J connectivity index is 0.00000109. The summed E-state index contributed by atoms with van der Waals surface area (Å²) in [4.78, 5) is 27.6. The van der Waals surface area contributed by atoms with E-state index in [1.807, 2.05) is 40.7 Å². The minimum Gasteiger partial charge on any atom is -0.383 e. The van der Waals surface area contributed by atoms with Gasteiger partial charge in [-0.3, -0.25) is 14.5 Å². The van der Waals surface area contributed by atoms with Gasteiger partial charge in [0, 0.05) is 29.8 Å². The number of anilines is 1. The minimum atomic E-state index is -2.60. The minimum absolute atomic E-state index is 0.109. The molecule has 8 nitrogen and oxygen atoms in total. The summed E-state index contributed by atoms with van der Waals surface area (Å²) in [5, 5.41) is 5.03. The van der Waals surface area contributed by atoms with Crippen LogP contribution in [-0.4, -0.2) is 35.5 Å². The van der Waals surface area contributed by atoms with Gasteiger partial charge in [0.2, 0.25) is 0 Å². The predicted molar refractivity (Wildman–Crippen MR) is 137 cm³/mol. The molecule has 0 aliphatic rings. The number of aromatic nitrogens is 5. The SMILES string of the molecule is CC.CC.Cc1cc2cc(C(=O)N(Cc3ccc(C(F)F)cn3)Cc3ncn(C)n3)ccc2nc1N. The van der Waals surface area contributed by atoms with E-state index >= 15 is 0 Å². The summed E-state index contributed by atoms with van der Waals surface area (Å²) in [5.41, 5.74) is 8.14. The maximum absolute atomic E-state index is 13.4. The van der Waals surface area contributed by atoms with E-state index < -0.39 is 6.43 Å². The third kappa shape index (κ3) is 7.03. The van der Waals surface area contributed by atoms with Gasteiger partial charge in [-0.15, -0.1) is 0 Å². The highest BCUT2D eigenvalue weighted by atomic mass is 19.3. The molecule has 0 bridgehead atoms. The number of benzene rings is 1. The van der Waals surface area contributed by atoms with Crippen LogP contribution in [0.4, 0.5) is 14.6 Å². The van der Waals surface area contributed by atoms with Crippen LogP contribution in [0.15, 0.2) is 48.9 Å². The first-order valence-electron chi connectivity index (χ1n) is 11.8. The lowest BCUT2D eigenvalue weighted by atomic mass is 10.1. The molecule has 0 spiro atoms. The number of alkyl halides is 2. The normalized spacial score (nSPS) is 10.4. The summed E-state index contributed by atoms with van der Waals surface area (Å²) in [6.07, 6.45) is 0.0646. The molecule has 0 radical (unpaired) electrons. The Morgan fingerprint density at radius 1 is 1.06 bits per heavy atom. The molecule has 36 heavy (non-hydrogen) atoms. The van der Waals surface area contributed by atoms with E-state index in [0.29, 0.717) is 28.4 Å². The molecule has 0 unspecified atom stereocenters. The zero-order chi connectivity index (χ0) is 26.8. The number of rotatable bonds is 6. The second kappa shape index (κ2) is 13.2. The second-order valence-electron chi connectivity index (χ2n) is 7.48. The molecule has 0 atom stereocenters. The molecule has 0 aliphatic heterocycles. The molecule has 3 aromatic heterocycles. The molecule has 1 amide bonds. The van der Waals surface area contributed by atoms with Gasteiger partial charge in [-0.1, -0.05) is 27.7 Å². The maximum atomic E-state index is 13.4. The summed E-state index contributed by atoms with van der Waals surface area (Å²) < 4.78 is 27.2. The van der Waals surface area contributed by atoms with Crippen LogP contribution >= 0.6 is 0 Å². The molecule has 0 aliphatic carbocycles. The topological polar surface area (TPSA) is 103 Å². The van der Waals surface area contributed by atoms with Crippen molar-refractivity contribution >= 4 is 22.6 Å². The third-order valence-electron chi connectivity index (χ3n) is 5.01. The van der Waals surface area contributed by atoms with Crippen LogP contribution in [0.3, 0.4) is 0 Å². The molecule has 10 heteroatoms. The number of pyridine rings is 2. The first-order chi connectivity index (χ1) is 17.3. The van der Waals surface area contributed by atoms with Crippen LogP contribution in [0.5, 0.6) is 0 Å². The molecule has 4 rings (SSSR count). The van der Waals surface area contributed by atoms with Crippen LogP contribution < -0.4 is 5.73 Å². The van der Waals surface area contributed by atoms with Crippen molar-refractivity contribution in [2.45, 2.75) is 54.1 Å². The quantitative estimate of drug-likeness (QED) is 0.378. The smallest absolute Gasteiger partial charge is 0.265 e. The maximum Gasteiger partial charge on any atom is 0.265 e. The Kier molecular flexibility index (Phi) is 10.4. The fourth-order valence-corrected chi connectivity index (χ4v) is 3.29. The molecular weight excluding hydrogens is 464 g/mol. The van der Waals surface area contributed by atoms with E-state index in [1.165, 1.54) is 17.0 Å². The predicted octanol–water partition coefficient (Wildman–Crippen LogP) is 5.48. The van der Waals surface area contributed by atoms with Gasteiger partial charge in [-0.25, -0.2) is 18.7 Å². The number of nitrogens with two attached hydrogens (primary N) is 1. The Morgan fingerprint density at radius 3 is 2.36 bits per heavy atom. The van der Waals surface area contributed by atoms with Crippen molar-refractivity contribution in [1.29, 1.82) is 0 Å². The number of carbonyl (C=O) groups is 1. The number of hydrogen-bond acceptors (Lipinski definition) is 6. The van der Waals surface area contributed by atoms with Crippen molar-refractivity contribution < 1.29 is 13.6 Å². The molecule has 1 aromatic carbocycles. The number of carbonyl (C=O) groups excluding carboxylic acids is 1. The van der Waals surface area contributed by atoms with Crippen LogP contribution in [0.25, 0.3) is 10.9 Å². The fourth-order valence-electron chi connectivity index (χ4n) is 3.29. The fraction of sp³-hybridized carbons (Fsp3) is 0.346. The first kappa shape index (κ1) is 28.3. The highest BCUT2D eigenvalue weighted by Crippen LogP contribution is 2.22. The Bertz CT molecular complexity index is 1270. The van der Waals surface area contributed by atoms with E-state index in [1.54, 1.807) is 36.3 Å². The zero-order valence-electron chi connectivity index (χ0n) is 21.5. The highest BCUT2D eigenvalue weighted by molar-refractivity contribution is 5.98. The molecule has 2 N–H and O–H groups in total. The molecule has 4 aromatic rings. The van der Waals surface area contributed by atoms with Crippen LogP contribution in [0.1, 0.15) is 67.1 Å². The van der Waals surface area contributed by atoms with Gasteiger partial charge in [-0.2, -0.15) is 5.10 Å². The lowest BCUT2D eigenvalue weighted by molar-refractivity contribution is 0.0723. The first-order valence-corrected chi connectivity index (χ1v) is 11.8. The van der Waals surface area contributed by atoms with Gasteiger partial charge in [-0.05, 0) is 48.9 Å². The van der Waals surface area contributed by atoms with E-state index in [2.05, 4.69) is 20.1 Å². The summed E-state index contributed by atoms with van der Waals surface area (Å²) in [6, 6.07) is 9.85. The number of hydrogen-bond donors (Lipinski definition) is 1. The number of nitrogens with zero attached hydrogens (tertiary/aromatic N) is 6. The number of fused-ring (bicyclic) bond motifs is 1. The van der Waals surface area contributed by atoms with Gasteiger partial charge in [0.05, 0.1) is 24.3 Å². The number of halogens is 2. The van der Waals surface area contributed by atoms with Crippen molar-refractivity contribution in [3.8, 4) is 0 Å². The number of nitrogen functional groups attached to an aromatic ring is 1. The summed E-state index contributed by atoms with van der Waals surface area (Å²) in [6.45, 7) is 10.1. The van der Waals surface area contributed by atoms with Crippen molar-refractivity contribution in [2.24, 2.45) is 7.05 Å². The van der Waals surface area contributed by atoms with E-state index in [9.17, 15) is 13.6 Å². The number of aryl methyl sites for hydroxylation is 2. The highest BCUT2D eigenvalue weighted by Gasteiger charge is 2.20. The lowest BCUT2D eigenvalue weighted by Crippen LogP contribution is -2.31. The summed E-state index contributed by atoms with van der Waals surface area (Å²) in [7, 11) is 1.73. The molecule has 0 fully saturated rings. The van der Waals surface area contributed by atoms with E-state index in [0.717, 1.165) is 17.1 Å². The molecular formula is C26H33F2N7O. The van der Waals surface area contributed by atoms with Crippen LogP contribution in [0.2, 0.25) is 0 Å². The molecule has 192 valence electrons. The van der Waals surface area contributed by atoms with Gasteiger partial charge >= 0.3 is 0 Å². The Morgan fingerprint density at radius 2 is 1.78 bits per heavy atom. The second-order valence-corrected chi connectivity index (χ2v) is 7.48. The average Bonchev–Trinajstić information content (AvgIpc) is 3.30. The van der Waals surface area contributed by atoms with Gasteiger partial charge in [0.15, 0.2) is 5.82 Å². The zero-order valence-corrected chi connectivity index (χ0v) is 21.5. The van der Waals surface area contributed by atoms with Gasteiger partial charge in [0.1, 0.15) is 12.1 Å². The van der Waals surface area contributed by atoms with Crippen molar-refractivity contribution in [2.75, 3.05) is 5.73 Å². The Hall–Kier alpha value is -3.95. The van der Waals surface area contributed by atoms with Gasteiger partial charge in [0.25, 0.3) is 12.3 Å². The van der Waals surface area contributed by atoms with Crippen molar-refractivity contribution in [3.63, 3.8) is 0 Å². The molecule has 0 saturated heterocycles. The summed E-state index contributed by atoms with van der Waals surface area (Å²) >= 11 is 0. The third-order valence-corrected chi connectivity index (χ3v) is 5.01. The monoisotopic (exact) mass is 497 g/mol. The molecule has 0 saturated carbocycles. The van der Waals surface area contributed by atoms with E-state index in [-0.39, 0.29) is 24.6 Å². The van der Waals surface area contributed by atoms with Gasteiger partial charge < -0.3 is 10.6 Å². The summed E-state index contributed by atoms with van der Waals surface area (Å²) in [5.74, 6) is 0.627. The van der Waals surface area contributed by atoms with Crippen LogP contribution in [-0.2, 0) is 20.1 Å².